The zero-order valence-electron chi connectivity index (χ0n) is 4.86. The van der Waals surface area contributed by atoms with Crippen LogP contribution in [-0.4, -0.2) is 0 Å². The molecule has 0 fully saturated rings. The van der Waals surface area contributed by atoms with E-state index >= 15 is 0 Å². The van der Waals surface area contributed by atoms with E-state index in [0.717, 1.165) is 6.42 Å². The molecular formula is C5H10Zr2-2. The third-order valence-corrected chi connectivity index (χ3v) is 0.471. The maximum atomic E-state index is 2.12. The second kappa shape index (κ2) is 15.7. The van der Waals surface area contributed by atoms with Gasteiger partial charge in [0.2, 0.25) is 0 Å². The Morgan fingerprint density at radius 2 is 1.29 bits per heavy atom. The molecule has 0 bridgehead atoms. The van der Waals surface area contributed by atoms with Gasteiger partial charge in [-0.1, -0.05) is 0 Å². The minimum Gasteiger partial charge on any atom is -0.360 e. The van der Waals surface area contributed by atoms with Crippen molar-refractivity contribution in [2.24, 2.45) is 0 Å². The van der Waals surface area contributed by atoms with Gasteiger partial charge in [-0.25, -0.2) is 0 Å². The Bertz CT molecular complexity index is 13.6. The standard InChI is InChI=1S/C5H10.2Zr/c1-3-5-4-2;;/h3-4H,5H2,1-2H3;;/q-2;;. The third kappa shape index (κ3) is 18.2. The van der Waals surface area contributed by atoms with Gasteiger partial charge in [-0.15, -0.1) is 0 Å². The molecule has 0 heterocycles. The Hall–Kier alpha value is 1.77. The van der Waals surface area contributed by atoms with Crippen LogP contribution in [0.1, 0.15) is 20.3 Å². The smallest absolute Gasteiger partial charge is 0 e. The number of hydrogen-bond acceptors (Lipinski definition) is 0. The van der Waals surface area contributed by atoms with Gasteiger partial charge in [-0.2, -0.15) is 13.8 Å². The van der Waals surface area contributed by atoms with E-state index in [1.807, 2.05) is 0 Å². The number of hydrogen-bond donors (Lipinski definition) is 0. The zero-order valence-corrected chi connectivity index (χ0v) is 9.78. The molecule has 40 valence electrons. The van der Waals surface area contributed by atoms with E-state index in [2.05, 4.69) is 26.7 Å². The summed E-state index contributed by atoms with van der Waals surface area (Å²) in [5.41, 5.74) is 0. The van der Waals surface area contributed by atoms with E-state index in [9.17, 15) is 0 Å². The Kier molecular flexibility index (Phi) is 35.6. The minimum atomic E-state index is 0. The molecule has 0 radical (unpaired) electrons. The molecule has 0 N–H and O–H groups in total. The van der Waals surface area contributed by atoms with Gasteiger partial charge in [0.25, 0.3) is 0 Å². The molecule has 0 amide bonds. The Labute approximate surface area is 84.7 Å². The van der Waals surface area contributed by atoms with Gasteiger partial charge in [0.05, 0.1) is 0 Å². The normalized spacial score (nSPS) is 6.00. The molecule has 7 heavy (non-hydrogen) atoms. The summed E-state index contributed by atoms with van der Waals surface area (Å²) in [7, 11) is 0. The maximum Gasteiger partial charge on any atom is 0 e. The van der Waals surface area contributed by atoms with Crippen LogP contribution in [0.25, 0.3) is 0 Å². The van der Waals surface area contributed by atoms with Crippen molar-refractivity contribution in [3.63, 3.8) is 0 Å². The molecule has 0 aliphatic rings. The van der Waals surface area contributed by atoms with Crippen molar-refractivity contribution >= 4 is 0 Å². The Morgan fingerprint density at radius 3 is 1.29 bits per heavy atom. The summed E-state index contributed by atoms with van der Waals surface area (Å²) >= 11 is 0. The molecule has 0 aliphatic carbocycles. The molecule has 0 saturated heterocycles. The molecule has 0 atom stereocenters. The average molecular weight is 253 g/mol. The van der Waals surface area contributed by atoms with Crippen molar-refractivity contribution in [1.82, 2.24) is 0 Å². The summed E-state index contributed by atoms with van der Waals surface area (Å²) in [5, 5.41) is 0. The molecule has 0 rings (SSSR count). The second-order valence-corrected chi connectivity index (χ2v) is 1.05. The topological polar surface area (TPSA) is 0 Å². The first-order chi connectivity index (χ1) is 2.41. The number of rotatable bonds is 2. The molecule has 0 unspecified atom stereocenters. The molecule has 0 nitrogen and oxygen atoms in total. The van der Waals surface area contributed by atoms with Crippen LogP contribution in [0.3, 0.4) is 0 Å². The molecule has 0 spiro atoms. The van der Waals surface area contributed by atoms with E-state index in [0.29, 0.717) is 0 Å². The third-order valence-electron chi connectivity index (χ3n) is 0.471. The van der Waals surface area contributed by atoms with Gasteiger partial charge in [0.1, 0.15) is 0 Å². The fourth-order valence-electron chi connectivity index (χ4n) is 0.236. The molecule has 0 aliphatic heterocycles. The van der Waals surface area contributed by atoms with Crippen LogP contribution < -0.4 is 0 Å². The summed E-state index contributed by atoms with van der Waals surface area (Å²) in [6.07, 6.45) is 5.39. The van der Waals surface area contributed by atoms with Crippen molar-refractivity contribution in [3.8, 4) is 0 Å². The average Bonchev–Trinajstić information content (AvgIpc) is 1.41. The summed E-state index contributed by atoms with van der Waals surface area (Å²) in [4.78, 5) is 0. The van der Waals surface area contributed by atoms with Crippen molar-refractivity contribution in [2.45, 2.75) is 20.3 Å². The summed E-state index contributed by atoms with van der Waals surface area (Å²) < 4.78 is 0. The predicted molar refractivity (Wildman–Crippen MR) is 24.6 cm³/mol. The van der Waals surface area contributed by atoms with Gasteiger partial charge in [-0.05, 0) is 0 Å². The van der Waals surface area contributed by atoms with Crippen molar-refractivity contribution in [3.05, 3.63) is 12.8 Å². The summed E-state index contributed by atoms with van der Waals surface area (Å²) in [6, 6.07) is 0. The van der Waals surface area contributed by atoms with E-state index in [-0.39, 0.29) is 52.4 Å². The Morgan fingerprint density at radius 1 is 1.00 bits per heavy atom. The van der Waals surface area contributed by atoms with Crippen molar-refractivity contribution < 1.29 is 52.4 Å². The van der Waals surface area contributed by atoms with Crippen LogP contribution in [0, 0.1) is 12.8 Å². The van der Waals surface area contributed by atoms with Crippen LogP contribution in [-0.2, 0) is 52.4 Å². The van der Waals surface area contributed by atoms with Crippen molar-refractivity contribution in [2.75, 3.05) is 0 Å². The molecule has 0 aromatic rings. The van der Waals surface area contributed by atoms with E-state index in [4.69, 9.17) is 0 Å². The van der Waals surface area contributed by atoms with Gasteiger partial charge in [0, 0.05) is 52.4 Å². The first-order valence-corrected chi connectivity index (χ1v) is 1.97. The van der Waals surface area contributed by atoms with Crippen LogP contribution >= 0.6 is 0 Å². The monoisotopic (exact) mass is 250 g/mol. The van der Waals surface area contributed by atoms with Gasteiger partial charge in [-0.3, -0.25) is 0 Å². The number of unbranched alkanes of at least 4 members (excludes halogenated alkanes) is 2. The minimum absolute atomic E-state index is 0. The molecule has 0 saturated carbocycles. The molecule has 0 aromatic heterocycles. The fraction of sp³-hybridized carbons (Fsp3) is 0.600. The Balaban J connectivity index is -0.0000000800. The van der Waals surface area contributed by atoms with Gasteiger partial charge >= 0.3 is 0 Å². The second-order valence-electron chi connectivity index (χ2n) is 1.05. The SMILES string of the molecule is C[CH-]C[CH-]C.[Zr].[Zr]. The molecule has 0 aromatic carbocycles. The quantitative estimate of drug-likeness (QED) is 0.658. The van der Waals surface area contributed by atoms with E-state index in [1.54, 1.807) is 0 Å². The van der Waals surface area contributed by atoms with Gasteiger partial charge < -0.3 is 19.3 Å². The van der Waals surface area contributed by atoms with Crippen LogP contribution in [0.15, 0.2) is 0 Å². The predicted octanol–water partition coefficient (Wildman–Crippen LogP) is 1.82. The molecule has 2 heteroatoms. The van der Waals surface area contributed by atoms with E-state index < -0.39 is 0 Å². The molecular weight excluding hydrogens is 243 g/mol. The fourth-order valence-corrected chi connectivity index (χ4v) is 0.236. The summed E-state index contributed by atoms with van der Waals surface area (Å²) in [5.74, 6) is 0. The first kappa shape index (κ1) is 15.9. The van der Waals surface area contributed by atoms with Crippen LogP contribution in [0.2, 0.25) is 0 Å². The summed E-state index contributed by atoms with van der Waals surface area (Å²) in [6.45, 7) is 4.11. The van der Waals surface area contributed by atoms with Gasteiger partial charge in [0.15, 0.2) is 0 Å². The van der Waals surface area contributed by atoms with Crippen LogP contribution in [0.5, 0.6) is 0 Å². The largest absolute Gasteiger partial charge is 0.360 e. The maximum absolute atomic E-state index is 2.12. The first-order valence-electron chi connectivity index (χ1n) is 1.97. The van der Waals surface area contributed by atoms with E-state index in [1.165, 1.54) is 0 Å². The van der Waals surface area contributed by atoms with Crippen LogP contribution in [0.4, 0.5) is 0 Å². The zero-order chi connectivity index (χ0) is 4.12. The van der Waals surface area contributed by atoms with Crippen molar-refractivity contribution in [1.29, 1.82) is 0 Å².